The molecule has 6 heteroatoms. The lowest BCUT2D eigenvalue weighted by molar-refractivity contribution is -0.145. The van der Waals surface area contributed by atoms with Crippen LogP contribution in [-0.4, -0.2) is 37.9 Å². The van der Waals surface area contributed by atoms with Gasteiger partial charge in [0, 0.05) is 17.5 Å². The van der Waals surface area contributed by atoms with E-state index in [1.165, 1.54) is 6.33 Å². The lowest BCUT2D eigenvalue weighted by atomic mass is 9.97. The maximum Gasteiger partial charge on any atom is 0.323 e. The Morgan fingerprint density at radius 2 is 2.42 bits per heavy atom. The number of thioether (sulfide) groups is 1. The predicted octanol–water partition coefficient (Wildman–Crippen LogP) is 1.94. The fourth-order valence-electron chi connectivity index (χ4n) is 2.56. The minimum atomic E-state index is -0.779. The van der Waals surface area contributed by atoms with E-state index in [4.69, 9.17) is 0 Å². The lowest BCUT2D eigenvalue weighted by Crippen LogP contribution is -2.53. The van der Waals surface area contributed by atoms with Gasteiger partial charge in [-0.1, -0.05) is 0 Å². The number of nitrogens with zero attached hydrogens (tertiary/aromatic N) is 2. The number of carbonyl (C=O) groups is 1. The van der Waals surface area contributed by atoms with E-state index in [1.807, 2.05) is 19.9 Å². The van der Waals surface area contributed by atoms with Gasteiger partial charge in [-0.05, 0) is 39.2 Å². The summed E-state index contributed by atoms with van der Waals surface area (Å²) in [5.41, 5.74) is -0.779. The number of hydrogen-bond donors (Lipinski definition) is 2. The second-order valence-electron chi connectivity index (χ2n) is 5.22. The van der Waals surface area contributed by atoms with Crippen molar-refractivity contribution in [1.82, 2.24) is 15.3 Å². The third kappa shape index (κ3) is 3.45. The van der Waals surface area contributed by atoms with E-state index in [0.717, 1.165) is 11.4 Å². The first kappa shape index (κ1) is 14.3. The molecule has 2 rings (SSSR count). The van der Waals surface area contributed by atoms with Crippen LogP contribution in [-0.2, 0) is 4.79 Å². The van der Waals surface area contributed by atoms with Gasteiger partial charge in [-0.3, -0.25) is 10.1 Å². The highest BCUT2D eigenvalue weighted by molar-refractivity contribution is 7.99. The number of rotatable bonds is 5. The number of nitrogens with one attached hydrogen (secondary N) is 1. The largest absolute Gasteiger partial charge is 0.480 e. The maximum atomic E-state index is 11.6. The molecule has 1 aliphatic carbocycles. The maximum absolute atomic E-state index is 11.6. The topological polar surface area (TPSA) is 75.1 Å². The number of aromatic nitrogens is 2. The number of hydrogen-bond acceptors (Lipinski definition) is 5. The van der Waals surface area contributed by atoms with Crippen LogP contribution in [0.3, 0.4) is 0 Å². The highest BCUT2D eigenvalue weighted by Crippen LogP contribution is 2.40. The third-order valence-electron chi connectivity index (χ3n) is 3.29. The Morgan fingerprint density at radius 1 is 1.63 bits per heavy atom. The summed E-state index contributed by atoms with van der Waals surface area (Å²) in [5.74, 6) is -0.744. The monoisotopic (exact) mass is 281 g/mol. The Hall–Kier alpha value is -1.14. The Bertz CT molecular complexity index is 441. The van der Waals surface area contributed by atoms with Crippen molar-refractivity contribution in [3.8, 4) is 0 Å². The van der Waals surface area contributed by atoms with Crippen LogP contribution in [0.15, 0.2) is 23.6 Å². The van der Waals surface area contributed by atoms with Gasteiger partial charge >= 0.3 is 5.97 Å². The van der Waals surface area contributed by atoms with Gasteiger partial charge in [-0.25, -0.2) is 9.97 Å². The summed E-state index contributed by atoms with van der Waals surface area (Å²) in [6.45, 7) is 3.96. The molecule has 1 aliphatic rings. The zero-order valence-electron chi connectivity index (χ0n) is 11.2. The van der Waals surface area contributed by atoms with Crippen molar-refractivity contribution in [2.45, 2.75) is 55.0 Å². The summed E-state index contributed by atoms with van der Waals surface area (Å²) in [6.07, 6.45) is 5.42. The van der Waals surface area contributed by atoms with Crippen molar-refractivity contribution in [3.63, 3.8) is 0 Å². The van der Waals surface area contributed by atoms with Gasteiger partial charge in [-0.2, -0.15) is 0 Å². The van der Waals surface area contributed by atoms with Crippen LogP contribution in [0.1, 0.15) is 33.1 Å². The summed E-state index contributed by atoms with van der Waals surface area (Å²) in [5, 5.41) is 13.9. The van der Waals surface area contributed by atoms with Crippen LogP contribution in [0, 0.1) is 0 Å². The van der Waals surface area contributed by atoms with Crippen molar-refractivity contribution in [2.75, 3.05) is 0 Å². The van der Waals surface area contributed by atoms with Gasteiger partial charge in [0.15, 0.2) is 0 Å². The molecule has 1 aromatic heterocycles. The van der Waals surface area contributed by atoms with Gasteiger partial charge in [0.2, 0.25) is 0 Å². The molecule has 0 radical (unpaired) electrons. The smallest absolute Gasteiger partial charge is 0.323 e. The van der Waals surface area contributed by atoms with E-state index in [9.17, 15) is 9.90 Å². The molecule has 1 fully saturated rings. The highest BCUT2D eigenvalue weighted by atomic mass is 32.2. The highest BCUT2D eigenvalue weighted by Gasteiger charge is 2.46. The average Bonchev–Trinajstić information content (AvgIpc) is 2.74. The Morgan fingerprint density at radius 3 is 3.00 bits per heavy atom. The van der Waals surface area contributed by atoms with Gasteiger partial charge in [0.1, 0.15) is 11.9 Å². The second-order valence-corrected chi connectivity index (χ2v) is 6.54. The molecule has 2 N–H and O–H groups in total. The van der Waals surface area contributed by atoms with E-state index in [2.05, 4.69) is 15.3 Å². The molecule has 0 saturated heterocycles. The standard InChI is InChI=1S/C13H19N3O2S/c1-9(2)16-13(12(17)18)5-3-10(7-13)19-11-4-6-14-8-15-11/h4,6,8-10,16H,3,5,7H2,1-2H3,(H,17,18). The second kappa shape index (κ2) is 5.88. The quantitative estimate of drug-likeness (QED) is 0.803. The minimum absolute atomic E-state index is 0.166. The molecule has 0 amide bonds. The van der Waals surface area contributed by atoms with Crippen LogP contribution in [0.4, 0.5) is 0 Å². The molecule has 0 aliphatic heterocycles. The van der Waals surface area contributed by atoms with Gasteiger partial charge in [0.25, 0.3) is 0 Å². The molecule has 19 heavy (non-hydrogen) atoms. The van der Waals surface area contributed by atoms with E-state index in [0.29, 0.717) is 12.8 Å². The van der Waals surface area contributed by atoms with Crippen molar-refractivity contribution >= 4 is 17.7 Å². The first-order chi connectivity index (χ1) is 9.02. The fraction of sp³-hybridized carbons (Fsp3) is 0.615. The molecule has 0 spiro atoms. The number of carboxylic acids is 1. The molecule has 5 nitrogen and oxygen atoms in total. The van der Waals surface area contributed by atoms with Gasteiger partial charge in [0.05, 0.1) is 5.03 Å². The molecular weight excluding hydrogens is 262 g/mol. The number of carboxylic acid groups (broad SMARTS) is 1. The first-order valence-corrected chi connectivity index (χ1v) is 7.33. The summed E-state index contributed by atoms with van der Waals surface area (Å²) < 4.78 is 0. The molecule has 1 heterocycles. The van der Waals surface area contributed by atoms with Crippen LogP contribution >= 0.6 is 11.8 Å². The average molecular weight is 281 g/mol. The molecular formula is C13H19N3O2S. The van der Waals surface area contributed by atoms with E-state index in [1.54, 1.807) is 18.0 Å². The molecule has 1 saturated carbocycles. The minimum Gasteiger partial charge on any atom is -0.480 e. The van der Waals surface area contributed by atoms with E-state index >= 15 is 0 Å². The zero-order chi connectivity index (χ0) is 13.9. The Balaban J connectivity index is 2.03. The Kier molecular flexibility index (Phi) is 4.42. The summed E-state index contributed by atoms with van der Waals surface area (Å²) in [4.78, 5) is 19.6. The van der Waals surface area contributed by atoms with E-state index < -0.39 is 11.5 Å². The molecule has 2 unspecified atom stereocenters. The van der Waals surface area contributed by atoms with Crippen LogP contribution in [0.5, 0.6) is 0 Å². The zero-order valence-corrected chi connectivity index (χ0v) is 12.0. The first-order valence-electron chi connectivity index (χ1n) is 6.45. The molecule has 2 atom stereocenters. The van der Waals surface area contributed by atoms with Crippen LogP contribution in [0.25, 0.3) is 0 Å². The lowest BCUT2D eigenvalue weighted by Gasteiger charge is -2.28. The van der Waals surface area contributed by atoms with Crippen LogP contribution in [0.2, 0.25) is 0 Å². The molecule has 1 aromatic rings. The Labute approximate surface area is 117 Å². The SMILES string of the molecule is CC(C)NC1(C(=O)O)CCC(Sc2ccncn2)C1. The molecule has 104 valence electrons. The van der Waals surface area contributed by atoms with Crippen molar-refractivity contribution in [2.24, 2.45) is 0 Å². The van der Waals surface area contributed by atoms with Gasteiger partial charge in [-0.15, -0.1) is 11.8 Å². The van der Waals surface area contributed by atoms with E-state index in [-0.39, 0.29) is 11.3 Å². The van der Waals surface area contributed by atoms with Crippen molar-refractivity contribution < 1.29 is 9.90 Å². The van der Waals surface area contributed by atoms with Gasteiger partial charge < -0.3 is 5.11 Å². The number of aliphatic carboxylic acids is 1. The fourth-order valence-corrected chi connectivity index (χ4v) is 3.75. The summed E-state index contributed by atoms with van der Waals surface area (Å²) in [7, 11) is 0. The predicted molar refractivity (Wildman–Crippen MR) is 74.2 cm³/mol. The van der Waals surface area contributed by atoms with Crippen molar-refractivity contribution in [1.29, 1.82) is 0 Å². The normalized spacial score (nSPS) is 26.8. The summed E-state index contributed by atoms with van der Waals surface area (Å²) in [6, 6.07) is 2.03. The molecule has 0 aromatic carbocycles. The third-order valence-corrected chi connectivity index (χ3v) is 4.50. The van der Waals surface area contributed by atoms with Crippen molar-refractivity contribution in [3.05, 3.63) is 18.6 Å². The molecule has 0 bridgehead atoms. The van der Waals surface area contributed by atoms with Crippen LogP contribution < -0.4 is 5.32 Å². The summed E-state index contributed by atoms with van der Waals surface area (Å²) >= 11 is 1.64.